The van der Waals surface area contributed by atoms with Gasteiger partial charge in [0.05, 0.1) is 0 Å². The molecule has 2 aromatic heterocycles. The van der Waals surface area contributed by atoms with Crippen molar-refractivity contribution >= 4 is 17.3 Å². The number of benzene rings is 1. The first-order valence-corrected chi connectivity index (χ1v) is 8.66. The van der Waals surface area contributed by atoms with Crippen molar-refractivity contribution in [3.8, 4) is 0 Å². The predicted octanol–water partition coefficient (Wildman–Crippen LogP) is 4.21. The van der Waals surface area contributed by atoms with Crippen LogP contribution in [0.1, 0.15) is 34.1 Å². The Balaban J connectivity index is 1.72. The third-order valence-electron chi connectivity index (χ3n) is 4.19. The van der Waals surface area contributed by atoms with Crippen LogP contribution in [0.4, 0.5) is 11.4 Å². The number of hydrogen-bond donors (Lipinski definition) is 2. The van der Waals surface area contributed by atoms with Gasteiger partial charge in [-0.3, -0.25) is 14.8 Å². The summed E-state index contributed by atoms with van der Waals surface area (Å²) < 4.78 is 0. The van der Waals surface area contributed by atoms with E-state index < -0.39 is 0 Å². The molecule has 0 radical (unpaired) electrons. The Labute approximate surface area is 153 Å². The zero-order chi connectivity index (χ0) is 18.4. The molecule has 3 aromatic rings. The number of pyridine rings is 2. The number of aromatic nitrogens is 2. The summed E-state index contributed by atoms with van der Waals surface area (Å²) in [6, 6.07) is 13.5. The van der Waals surface area contributed by atoms with Gasteiger partial charge in [-0.2, -0.15) is 0 Å². The number of amides is 1. The first-order valence-electron chi connectivity index (χ1n) is 8.66. The van der Waals surface area contributed by atoms with Crippen LogP contribution in [-0.2, 0) is 13.0 Å². The molecule has 1 amide bonds. The van der Waals surface area contributed by atoms with Crippen molar-refractivity contribution in [2.75, 3.05) is 10.6 Å². The molecule has 0 saturated heterocycles. The summed E-state index contributed by atoms with van der Waals surface area (Å²) >= 11 is 0. The van der Waals surface area contributed by atoms with Gasteiger partial charge >= 0.3 is 0 Å². The lowest BCUT2D eigenvalue weighted by molar-refractivity contribution is 0.102. The molecule has 26 heavy (non-hydrogen) atoms. The topological polar surface area (TPSA) is 66.9 Å². The molecule has 1 aromatic carbocycles. The van der Waals surface area contributed by atoms with E-state index in [1.807, 2.05) is 49.5 Å². The van der Waals surface area contributed by atoms with Crippen molar-refractivity contribution in [2.45, 2.75) is 26.8 Å². The average molecular weight is 346 g/mol. The molecule has 0 aliphatic rings. The Morgan fingerprint density at radius 2 is 2.00 bits per heavy atom. The quantitative estimate of drug-likeness (QED) is 0.701. The van der Waals surface area contributed by atoms with Crippen molar-refractivity contribution in [3.63, 3.8) is 0 Å². The van der Waals surface area contributed by atoms with E-state index in [0.717, 1.165) is 34.5 Å². The summed E-state index contributed by atoms with van der Waals surface area (Å²) in [5.41, 5.74) is 5.33. The monoisotopic (exact) mass is 346 g/mol. The summed E-state index contributed by atoms with van der Waals surface area (Å²) in [5, 5.41) is 6.30. The molecule has 0 aliphatic heterocycles. The molecule has 132 valence electrons. The van der Waals surface area contributed by atoms with Crippen molar-refractivity contribution in [1.82, 2.24) is 9.97 Å². The first kappa shape index (κ1) is 17.6. The maximum absolute atomic E-state index is 12.6. The van der Waals surface area contributed by atoms with Gasteiger partial charge < -0.3 is 10.6 Å². The minimum atomic E-state index is -0.209. The Morgan fingerprint density at radius 3 is 2.77 bits per heavy atom. The van der Waals surface area contributed by atoms with E-state index in [4.69, 9.17) is 0 Å². The summed E-state index contributed by atoms with van der Waals surface area (Å²) in [4.78, 5) is 21.0. The molecule has 0 unspecified atom stereocenters. The van der Waals surface area contributed by atoms with E-state index in [-0.39, 0.29) is 5.91 Å². The van der Waals surface area contributed by atoms with Crippen LogP contribution in [0.5, 0.6) is 0 Å². The first-order chi connectivity index (χ1) is 12.7. The molecular weight excluding hydrogens is 324 g/mol. The van der Waals surface area contributed by atoms with Crippen molar-refractivity contribution in [2.24, 2.45) is 0 Å². The molecular formula is C21H22N4O. The molecule has 5 nitrogen and oxygen atoms in total. The largest absolute Gasteiger partial charge is 0.381 e. The minimum absolute atomic E-state index is 0.209. The summed E-state index contributed by atoms with van der Waals surface area (Å²) in [5.74, 6) is -0.209. The molecule has 0 fully saturated rings. The fourth-order valence-electron chi connectivity index (χ4n) is 2.75. The zero-order valence-electron chi connectivity index (χ0n) is 15.0. The maximum atomic E-state index is 12.6. The van der Waals surface area contributed by atoms with Gasteiger partial charge in [0.25, 0.3) is 5.91 Å². The van der Waals surface area contributed by atoms with Gasteiger partial charge in [-0.15, -0.1) is 0 Å². The van der Waals surface area contributed by atoms with Crippen LogP contribution in [0.3, 0.4) is 0 Å². The van der Waals surface area contributed by atoms with Crippen LogP contribution in [0.15, 0.2) is 61.1 Å². The second kappa shape index (κ2) is 8.25. The third kappa shape index (κ3) is 4.25. The van der Waals surface area contributed by atoms with Crippen LogP contribution in [-0.4, -0.2) is 15.9 Å². The summed E-state index contributed by atoms with van der Waals surface area (Å²) in [7, 11) is 0. The SMILES string of the molecule is CCc1cccc(C)c1NC(=O)c1cc(NCc2cccnc2)ccn1. The van der Waals surface area contributed by atoms with Crippen LogP contribution in [0, 0.1) is 6.92 Å². The normalized spacial score (nSPS) is 10.4. The molecule has 0 aliphatic carbocycles. The zero-order valence-corrected chi connectivity index (χ0v) is 15.0. The van der Waals surface area contributed by atoms with Crippen molar-refractivity contribution < 1.29 is 4.79 Å². The Bertz CT molecular complexity index is 894. The number of anilines is 2. The lowest BCUT2D eigenvalue weighted by Crippen LogP contribution is -2.16. The van der Waals surface area contributed by atoms with Gasteiger partial charge in [0, 0.05) is 36.5 Å². The standard InChI is InChI=1S/C21H22N4O/c1-3-17-8-4-6-15(2)20(17)25-21(26)19-12-18(9-11-23-19)24-14-16-7-5-10-22-13-16/h4-13H,3,14H2,1-2H3,(H,23,24)(H,25,26). The van der Waals surface area contributed by atoms with Crippen LogP contribution < -0.4 is 10.6 Å². The fourth-order valence-corrected chi connectivity index (χ4v) is 2.75. The molecule has 0 saturated carbocycles. The number of nitrogens with one attached hydrogen (secondary N) is 2. The molecule has 0 atom stereocenters. The Hall–Kier alpha value is -3.21. The fraction of sp³-hybridized carbons (Fsp3) is 0.190. The highest BCUT2D eigenvalue weighted by Crippen LogP contribution is 2.22. The van der Waals surface area contributed by atoms with Gasteiger partial charge in [0.1, 0.15) is 5.69 Å². The van der Waals surface area contributed by atoms with Gasteiger partial charge in [-0.05, 0) is 48.2 Å². The molecule has 0 bridgehead atoms. The number of hydrogen-bond acceptors (Lipinski definition) is 4. The second-order valence-electron chi connectivity index (χ2n) is 6.06. The highest BCUT2D eigenvalue weighted by molar-refractivity contribution is 6.04. The average Bonchev–Trinajstić information content (AvgIpc) is 2.69. The van der Waals surface area contributed by atoms with E-state index >= 15 is 0 Å². The summed E-state index contributed by atoms with van der Waals surface area (Å²) in [6.45, 7) is 4.70. The molecule has 2 heterocycles. The number of nitrogens with zero attached hydrogens (tertiary/aromatic N) is 2. The molecule has 2 N–H and O–H groups in total. The Kier molecular flexibility index (Phi) is 5.59. The van der Waals surface area contributed by atoms with Gasteiger partial charge in [0.15, 0.2) is 0 Å². The lowest BCUT2D eigenvalue weighted by atomic mass is 10.1. The van der Waals surface area contributed by atoms with Crippen molar-refractivity contribution in [3.05, 3.63) is 83.4 Å². The van der Waals surface area contributed by atoms with E-state index in [1.54, 1.807) is 18.5 Å². The number of carbonyl (C=O) groups is 1. The molecule has 5 heteroatoms. The number of carbonyl (C=O) groups excluding carboxylic acids is 1. The third-order valence-corrected chi connectivity index (χ3v) is 4.19. The predicted molar refractivity (Wildman–Crippen MR) is 104 cm³/mol. The highest BCUT2D eigenvalue weighted by Gasteiger charge is 2.12. The maximum Gasteiger partial charge on any atom is 0.274 e. The van der Waals surface area contributed by atoms with Gasteiger partial charge in [0.2, 0.25) is 0 Å². The van der Waals surface area contributed by atoms with Gasteiger partial charge in [-0.25, -0.2) is 0 Å². The van der Waals surface area contributed by atoms with Crippen LogP contribution >= 0.6 is 0 Å². The van der Waals surface area contributed by atoms with Crippen LogP contribution in [0.2, 0.25) is 0 Å². The van der Waals surface area contributed by atoms with E-state index in [2.05, 4.69) is 27.5 Å². The van der Waals surface area contributed by atoms with E-state index in [0.29, 0.717) is 12.2 Å². The minimum Gasteiger partial charge on any atom is -0.381 e. The van der Waals surface area contributed by atoms with Crippen LogP contribution in [0.25, 0.3) is 0 Å². The van der Waals surface area contributed by atoms with E-state index in [1.165, 1.54) is 0 Å². The number of para-hydroxylation sites is 1. The second-order valence-corrected chi connectivity index (χ2v) is 6.06. The van der Waals surface area contributed by atoms with Gasteiger partial charge in [-0.1, -0.05) is 31.2 Å². The Morgan fingerprint density at radius 1 is 1.12 bits per heavy atom. The summed E-state index contributed by atoms with van der Waals surface area (Å²) in [6.07, 6.45) is 6.05. The van der Waals surface area contributed by atoms with Crippen molar-refractivity contribution in [1.29, 1.82) is 0 Å². The van der Waals surface area contributed by atoms with E-state index in [9.17, 15) is 4.79 Å². The number of aryl methyl sites for hydroxylation is 2. The molecule has 3 rings (SSSR count). The molecule has 0 spiro atoms. The lowest BCUT2D eigenvalue weighted by Gasteiger charge is -2.13. The number of rotatable bonds is 6. The highest BCUT2D eigenvalue weighted by atomic mass is 16.1. The smallest absolute Gasteiger partial charge is 0.274 e.